The topological polar surface area (TPSA) is 105 Å². The first-order valence-electron chi connectivity index (χ1n) is 8.83. The van der Waals surface area contributed by atoms with E-state index in [1.807, 2.05) is 24.3 Å². The highest BCUT2D eigenvalue weighted by Gasteiger charge is 2.53. The minimum atomic E-state index is -0.395. The second-order valence-corrected chi connectivity index (χ2v) is 7.09. The molecule has 1 heterocycles. The number of nitrogens with two attached hydrogens (primary N) is 1. The van der Waals surface area contributed by atoms with Gasteiger partial charge in [0.25, 0.3) is 0 Å². The molecule has 3 N–H and O–H groups in total. The van der Waals surface area contributed by atoms with E-state index < -0.39 is 12.0 Å². The van der Waals surface area contributed by atoms with E-state index in [9.17, 15) is 9.59 Å². The summed E-state index contributed by atoms with van der Waals surface area (Å²) in [6.45, 7) is 0.424. The molecule has 0 spiro atoms. The fourth-order valence-corrected chi connectivity index (χ4v) is 4.15. The molecule has 136 valence electrons. The number of anilines is 1. The van der Waals surface area contributed by atoms with Gasteiger partial charge < -0.3 is 15.7 Å². The average molecular weight is 355 g/mol. The lowest BCUT2D eigenvalue weighted by atomic mass is 10.0. The predicted molar refractivity (Wildman–Crippen MR) is 95.8 cm³/mol. The first-order chi connectivity index (χ1) is 12.6. The molecule has 4 atom stereocenters. The maximum absolute atomic E-state index is 12.1. The Balaban J connectivity index is 1.42. The molecule has 7 nitrogen and oxygen atoms in total. The smallest absolute Gasteiger partial charge is 0.414 e. The monoisotopic (exact) mass is 355 g/mol. The highest BCUT2D eigenvalue weighted by atomic mass is 16.6. The average Bonchev–Trinajstić information content (AvgIpc) is 2.96. The minimum absolute atomic E-state index is 0.208. The molecule has 1 saturated heterocycles. The highest BCUT2D eigenvalue weighted by molar-refractivity contribution is 5.90. The van der Waals surface area contributed by atoms with Gasteiger partial charge in [-0.15, -0.1) is 5.16 Å². The molecule has 2 aliphatic carbocycles. The van der Waals surface area contributed by atoms with Crippen molar-refractivity contribution in [3.05, 3.63) is 35.9 Å². The lowest BCUT2D eigenvalue weighted by Gasteiger charge is -2.14. The van der Waals surface area contributed by atoms with E-state index in [2.05, 4.69) is 11.2 Å². The molecule has 4 rings (SSSR count). The number of primary amides is 1. The van der Waals surface area contributed by atoms with Gasteiger partial charge in [0.2, 0.25) is 5.91 Å². The number of nitrogens with zero attached hydrogens (tertiary/aromatic N) is 2. The summed E-state index contributed by atoms with van der Waals surface area (Å²) in [4.78, 5) is 24.6. The number of benzene rings is 1. The second kappa shape index (κ2) is 6.48. The number of cyclic esters (lactones) is 1. The number of rotatable bonds is 6. The van der Waals surface area contributed by atoms with E-state index in [-0.39, 0.29) is 12.5 Å². The molecular formula is C19H21N3O4. The van der Waals surface area contributed by atoms with Crippen LogP contribution >= 0.6 is 0 Å². The molecule has 0 bridgehead atoms. The van der Waals surface area contributed by atoms with Gasteiger partial charge in [-0.2, -0.15) is 0 Å². The third-order valence-electron chi connectivity index (χ3n) is 5.54. The van der Waals surface area contributed by atoms with E-state index >= 15 is 0 Å². The molecule has 3 unspecified atom stereocenters. The fourth-order valence-electron chi connectivity index (χ4n) is 4.15. The van der Waals surface area contributed by atoms with Crippen LogP contribution in [-0.4, -0.2) is 36.1 Å². The van der Waals surface area contributed by atoms with Crippen molar-refractivity contribution in [1.82, 2.24) is 0 Å². The van der Waals surface area contributed by atoms with Crippen LogP contribution in [0, 0.1) is 17.8 Å². The molecule has 1 aromatic rings. The fraction of sp³-hybridized carbons (Fsp3) is 0.421. The summed E-state index contributed by atoms with van der Waals surface area (Å²) >= 11 is 0. The van der Waals surface area contributed by atoms with Gasteiger partial charge in [-0.1, -0.05) is 18.2 Å². The van der Waals surface area contributed by atoms with E-state index in [1.165, 1.54) is 5.57 Å². The van der Waals surface area contributed by atoms with Gasteiger partial charge in [0.05, 0.1) is 6.54 Å². The summed E-state index contributed by atoms with van der Waals surface area (Å²) < 4.78 is 5.30. The van der Waals surface area contributed by atoms with E-state index in [1.54, 1.807) is 11.1 Å². The normalized spacial score (nSPS) is 29.6. The number of carbonyl (C=O) groups excluding carboxylic acids is 2. The summed E-state index contributed by atoms with van der Waals surface area (Å²) in [6.07, 6.45) is 4.84. The van der Waals surface area contributed by atoms with Crippen LogP contribution in [0.2, 0.25) is 0 Å². The van der Waals surface area contributed by atoms with Crippen molar-refractivity contribution in [2.75, 3.05) is 11.4 Å². The van der Waals surface area contributed by atoms with Crippen LogP contribution in [0.15, 0.2) is 35.5 Å². The zero-order chi connectivity index (χ0) is 18.3. The molecule has 0 radical (unpaired) electrons. The van der Waals surface area contributed by atoms with Gasteiger partial charge in [-0.3, -0.25) is 9.69 Å². The minimum Gasteiger partial charge on any atom is -0.444 e. The quantitative estimate of drug-likeness (QED) is 0.464. The molecule has 3 aliphatic rings. The molecule has 1 saturated carbocycles. The Bertz CT molecular complexity index is 786. The second-order valence-electron chi connectivity index (χ2n) is 7.09. The molecule has 7 heteroatoms. The van der Waals surface area contributed by atoms with Gasteiger partial charge in [0.1, 0.15) is 6.10 Å². The first-order valence-corrected chi connectivity index (χ1v) is 8.83. The Morgan fingerprint density at radius 3 is 2.85 bits per heavy atom. The SMILES string of the molecule is NC(=O)CC[C@H]1CN(c2ccc(C3=CCC4C(C=NO)C34)cc2)C(=O)O1. The number of ether oxygens (including phenoxy) is 1. The maximum Gasteiger partial charge on any atom is 0.414 e. The van der Waals surface area contributed by atoms with Crippen LogP contribution in [0.5, 0.6) is 0 Å². The zero-order valence-corrected chi connectivity index (χ0v) is 14.2. The summed E-state index contributed by atoms with van der Waals surface area (Å²) in [7, 11) is 0. The van der Waals surface area contributed by atoms with Crippen LogP contribution in [0.1, 0.15) is 24.8 Å². The number of allylic oxidation sites excluding steroid dienone is 2. The van der Waals surface area contributed by atoms with Crippen LogP contribution in [0.3, 0.4) is 0 Å². The van der Waals surface area contributed by atoms with Crippen LogP contribution in [-0.2, 0) is 9.53 Å². The van der Waals surface area contributed by atoms with E-state index in [0.29, 0.717) is 30.7 Å². The summed E-state index contributed by atoms with van der Waals surface area (Å²) in [5.74, 6) is 0.933. The number of amides is 2. The molecule has 1 aliphatic heterocycles. The van der Waals surface area contributed by atoms with Crippen LogP contribution in [0.4, 0.5) is 10.5 Å². The van der Waals surface area contributed by atoms with Crippen molar-refractivity contribution < 1.29 is 19.5 Å². The van der Waals surface area contributed by atoms with Crippen molar-refractivity contribution in [2.24, 2.45) is 28.6 Å². The Labute approximate surface area is 151 Å². The maximum atomic E-state index is 12.1. The lowest BCUT2D eigenvalue weighted by molar-refractivity contribution is -0.118. The van der Waals surface area contributed by atoms with Gasteiger partial charge in [0, 0.05) is 24.2 Å². The molecular weight excluding hydrogens is 334 g/mol. The predicted octanol–water partition coefficient (Wildman–Crippen LogP) is 2.39. The Morgan fingerprint density at radius 1 is 1.38 bits per heavy atom. The van der Waals surface area contributed by atoms with Gasteiger partial charge in [-0.05, 0) is 47.9 Å². The van der Waals surface area contributed by atoms with Crippen molar-refractivity contribution >= 4 is 29.5 Å². The third kappa shape index (κ3) is 2.94. The summed E-state index contributed by atoms with van der Waals surface area (Å²) in [5.41, 5.74) is 8.35. The van der Waals surface area contributed by atoms with E-state index in [4.69, 9.17) is 15.7 Å². The summed E-state index contributed by atoms with van der Waals surface area (Å²) in [5, 5.41) is 11.9. The molecule has 2 amide bonds. The highest BCUT2D eigenvalue weighted by Crippen LogP contribution is 2.59. The van der Waals surface area contributed by atoms with E-state index in [0.717, 1.165) is 17.7 Å². The third-order valence-corrected chi connectivity index (χ3v) is 5.54. The Kier molecular flexibility index (Phi) is 4.14. The van der Waals surface area contributed by atoms with Crippen LogP contribution in [0.25, 0.3) is 5.57 Å². The first kappa shape index (κ1) is 16.6. The van der Waals surface area contributed by atoms with Crippen molar-refractivity contribution in [1.29, 1.82) is 0 Å². The lowest BCUT2D eigenvalue weighted by Crippen LogP contribution is -2.24. The van der Waals surface area contributed by atoms with Crippen molar-refractivity contribution in [3.8, 4) is 0 Å². The molecule has 2 fully saturated rings. The molecule has 26 heavy (non-hydrogen) atoms. The van der Waals surface area contributed by atoms with Crippen LogP contribution < -0.4 is 10.6 Å². The summed E-state index contributed by atoms with van der Waals surface area (Å²) in [6, 6.07) is 7.86. The Hall–Kier alpha value is -2.83. The number of hydrogen-bond acceptors (Lipinski definition) is 5. The zero-order valence-electron chi connectivity index (χ0n) is 14.2. The van der Waals surface area contributed by atoms with Gasteiger partial charge in [-0.25, -0.2) is 4.79 Å². The standard InChI is InChI=1S/C19H21N3O4/c20-17(23)8-5-13-10-22(19(24)26-13)12-3-1-11(2-4-12)14-6-7-15-16(9-21-25)18(14)15/h1-4,6,9,13,15-16,18,25H,5,7-8,10H2,(H2,20,23)/t13-,15?,16?,18?/m0/s1. The van der Waals surface area contributed by atoms with Gasteiger partial charge >= 0.3 is 6.09 Å². The molecule has 0 aromatic heterocycles. The number of fused-ring (bicyclic) bond motifs is 1. The van der Waals surface area contributed by atoms with Gasteiger partial charge in [0.15, 0.2) is 0 Å². The van der Waals surface area contributed by atoms with Crippen molar-refractivity contribution in [2.45, 2.75) is 25.4 Å². The number of oxime groups is 1. The Morgan fingerprint density at radius 2 is 2.15 bits per heavy atom. The number of carbonyl (C=O) groups is 2. The number of hydrogen-bond donors (Lipinski definition) is 2. The van der Waals surface area contributed by atoms with Crippen molar-refractivity contribution in [3.63, 3.8) is 0 Å². The largest absolute Gasteiger partial charge is 0.444 e. The molecule has 1 aromatic carbocycles.